The maximum atomic E-state index is 10.8. The number of aromatic nitrogens is 3. The van der Waals surface area contributed by atoms with Gasteiger partial charge in [0.15, 0.2) is 0 Å². The van der Waals surface area contributed by atoms with Crippen molar-refractivity contribution in [2.45, 2.75) is 20.3 Å². The molecule has 0 aliphatic heterocycles. The van der Waals surface area contributed by atoms with Gasteiger partial charge >= 0.3 is 5.97 Å². The Morgan fingerprint density at radius 2 is 2.24 bits per heavy atom. The van der Waals surface area contributed by atoms with Crippen LogP contribution in [0.2, 0.25) is 0 Å². The molecule has 1 aromatic heterocycles. The van der Waals surface area contributed by atoms with Crippen molar-refractivity contribution in [1.29, 1.82) is 0 Å². The summed E-state index contributed by atoms with van der Waals surface area (Å²) in [6.07, 6.45) is 2.42. The zero-order valence-corrected chi connectivity index (χ0v) is 9.71. The first-order valence-corrected chi connectivity index (χ1v) is 5.36. The fraction of sp³-hybridized carbons (Fsp3) is 0.250. The van der Waals surface area contributed by atoms with E-state index in [4.69, 9.17) is 5.11 Å². The molecule has 5 nitrogen and oxygen atoms in total. The summed E-state index contributed by atoms with van der Waals surface area (Å²) in [5.41, 5.74) is 2.09. The molecule has 1 heterocycles. The largest absolute Gasteiger partial charge is 0.478 e. The van der Waals surface area contributed by atoms with Gasteiger partial charge in [0.1, 0.15) is 12.2 Å². The molecule has 0 spiro atoms. The molecule has 17 heavy (non-hydrogen) atoms. The van der Waals surface area contributed by atoms with E-state index in [0.717, 1.165) is 23.5 Å². The smallest absolute Gasteiger partial charge is 0.335 e. The number of nitrogens with zero attached hydrogens (tertiary/aromatic N) is 3. The Bertz CT molecular complexity index is 561. The van der Waals surface area contributed by atoms with E-state index in [2.05, 4.69) is 10.2 Å². The number of aromatic carboxylic acids is 1. The van der Waals surface area contributed by atoms with Gasteiger partial charge in [-0.3, -0.25) is 4.57 Å². The third-order valence-corrected chi connectivity index (χ3v) is 2.64. The summed E-state index contributed by atoms with van der Waals surface area (Å²) in [4.78, 5) is 10.8. The van der Waals surface area contributed by atoms with Gasteiger partial charge < -0.3 is 5.11 Å². The van der Waals surface area contributed by atoms with Crippen LogP contribution in [0.4, 0.5) is 0 Å². The van der Waals surface area contributed by atoms with Crippen LogP contribution in [0.5, 0.6) is 0 Å². The predicted molar refractivity (Wildman–Crippen MR) is 62.4 cm³/mol. The first-order chi connectivity index (χ1) is 8.13. The maximum absolute atomic E-state index is 10.8. The van der Waals surface area contributed by atoms with Crippen LogP contribution in [-0.4, -0.2) is 25.8 Å². The van der Waals surface area contributed by atoms with Crippen LogP contribution in [0.15, 0.2) is 24.5 Å². The number of benzene rings is 1. The summed E-state index contributed by atoms with van der Waals surface area (Å²) in [5, 5.41) is 16.8. The molecule has 0 saturated carbocycles. The topological polar surface area (TPSA) is 68.0 Å². The third kappa shape index (κ3) is 2.04. The molecule has 0 amide bonds. The Balaban J connectivity index is 2.50. The minimum atomic E-state index is -0.917. The molecular weight excluding hydrogens is 218 g/mol. The summed E-state index contributed by atoms with van der Waals surface area (Å²) in [6.45, 7) is 3.88. The molecule has 0 saturated heterocycles. The van der Waals surface area contributed by atoms with Crippen LogP contribution in [0.25, 0.3) is 5.69 Å². The lowest BCUT2D eigenvalue weighted by Crippen LogP contribution is -2.03. The minimum Gasteiger partial charge on any atom is -0.478 e. The molecule has 0 aliphatic carbocycles. The van der Waals surface area contributed by atoms with Crippen molar-refractivity contribution in [1.82, 2.24) is 14.8 Å². The van der Waals surface area contributed by atoms with E-state index in [9.17, 15) is 4.79 Å². The average molecular weight is 231 g/mol. The van der Waals surface area contributed by atoms with E-state index in [1.165, 1.54) is 0 Å². The van der Waals surface area contributed by atoms with Crippen molar-refractivity contribution < 1.29 is 9.90 Å². The quantitative estimate of drug-likeness (QED) is 0.875. The summed E-state index contributed by atoms with van der Waals surface area (Å²) in [7, 11) is 0. The Labute approximate surface area is 98.7 Å². The molecule has 0 aliphatic rings. The van der Waals surface area contributed by atoms with E-state index in [1.54, 1.807) is 24.5 Å². The highest BCUT2D eigenvalue weighted by atomic mass is 16.4. The minimum absolute atomic E-state index is 0.289. The van der Waals surface area contributed by atoms with Crippen LogP contribution in [0.3, 0.4) is 0 Å². The lowest BCUT2D eigenvalue weighted by Gasteiger charge is -2.09. The van der Waals surface area contributed by atoms with Gasteiger partial charge in [-0.1, -0.05) is 6.92 Å². The van der Waals surface area contributed by atoms with Gasteiger partial charge in [0, 0.05) is 6.42 Å². The van der Waals surface area contributed by atoms with Crippen LogP contribution in [-0.2, 0) is 6.42 Å². The number of aryl methyl sites for hydroxylation is 2. The molecule has 0 bridgehead atoms. The van der Waals surface area contributed by atoms with Gasteiger partial charge in [0.2, 0.25) is 0 Å². The molecule has 88 valence electrons. The first-order valence-electron chi connectivity index (χ1n) is 5.36. The lowest BCUT2D eigenvalue weighted by atomic mass is 10.1. The number of carboxylic acid groups (broad SMARTS) is 1. The monoisotopic (exact) mass is 231 g/mol. The Morgan fingerprint density at radius 3 is 2.82 bits per heavy atom. The molecule has 0 radical (unpaired) electrons. The molecule has 1 aromatic carbocycles. The van der Waals surface area contributed by atoms with E-state index in [1.807, 2.05) is 18.4 Å². The zero-order valence-electron chi connectivity index (χ0n) is 9.71. The fourth-order valence-electron chi connectivity index (χ4n) is 1.76. The Morgan fingerprint density at radius 1 is 1.47 bits per heavy atom. The molecule has 0 fully saturated rings. The highest BCUT2D eigenvalue weighted by Crippen LogP contribution is 2.17. The van der Waals surface area contributed by atoms with Gasteiger partial charge in [-0.25, -0.2) is 4.79 Å². The van der Waals surface area contributed by atoms with Crippen LogP contribution >= 0.6 is 0 Å². The van der Waals surface area contributed by atoms with Gasteiger partial charge in [0.05, 0.1) is 11.3 Å². The van der Waals surface area contributed by atoms with Crippen molar-refractivity contribution in [3.05, 3.63) is 41.5 Å². The fourth-order valence-corrected chi connectivity index (χ4v) is 1.76. The summed E-state index contributed by atoms with van der Waals surface area (Å²) in [5.74, 6) is -0.0599. The molecule has 5 heteroatoms. The molecule has 2 aromatic rings. The average Bonchev–Trinajstić information content (AvgIpc) is 2.76. The van der Waals surface area contributed by atoms with Gasteiger partial charge in [-0.2, -0.15) is 0 Å². The number of rotatable bonds is 3. The van der Waals surface area contributed by atoms with Crippen LogP contribution in [0.1, 0.15) is 28.7 Å². The van der Waals surface area contributed by atoms with Crippen molar-refractivity contribution in [2.75, 3.05) is 0 Å². The molecular formula is C12H13N3O2. The Kier molecular flexibility index (Phi) is 2.91. The number of hydrogen-bond acceptors (Lipinski definition) is 3. The second-order valence-electron chi connectivity index (χ2n) is 3.78. The zero-order chi connectivity index (χ0) is 12.4. The highest BCUT2D eigenvalue weighted by Gasteiger charge is 2.09. The van der Waals surface area contributed by atoms with E-state index in [0.29, 0.717) is 0 Å². The van der Waals surface area contributed by atoms with Crippen molar-refractivity contribution in [3.8, 4) is 5.69 Å². The molecule has 0 atom stereocenters. The molecule has 2 rings (SSSR count). The third-order valence-electron chi connectivity index (χ3n) is 2.64. The second kappa shape index (κ2) is 4.37. The highest BCUT2D eigenvalue weighted by molar-refractivity contribution is 5.88. The van der Waals surface area contributed by atoms with Crippen molar-refractivity contribution in [2.24, 2.45) is 0 Å². The Hall–Kier alpha value is -2.17. The number of carbonyl (C=O) groups is 1. The van der Waals surface area contributed by atoms with Gasteiger partial charge in [-0.15, -0.1) is 10.2 Å². The van der Waals surface area contributed by atoms with Crippen LogP contribution in [0, 0.1) is 6.92 Å². The number of carboxylic acids is 1. The number of hydrogen-bond donors (Lipinski definition) is 1. The normalized spacial score (nSPS) is 10.5. The van der Waals surface area contributed by atoms with E-state index < -0.39 is 5.97 Å². The maximum Gasteiger partial charge on any atom is 0.335 e. The van der Waals surface area contributed by atoms with Crippen LogP contribution < -0.4 is 0 Å². The van der Waals surface area contributed by atoms with E-state index in [-0.39, 0.29) is 5.56 Å². The van der Waals surface area contributed by atoms with Crippen molar-refractivity contribution >= 4 is 5.97 Å². The van der Waals surface area contributed by atoms with Gasteiger partial charge in [-0.05, 0) is 30.7 Å². The summed E-state index contributed by atoms with van der Waals surface area (Å²) in [6, 6.07) is 5.02. The van der Waals surface area contributed by atoms with Crippen molar-refractivity contribution in [3.63, 3.8) is 0 Å². The SMILES string of the molecule is CCc1nncn1-c1ccc(C(=O)O)cc1C. The molecule has 1 N–H and O–H groups in total. The lowest BCUT2D eigenvalue weighted by molar-refractivity contribution is 0.0697. The first kappa shape index (κ1) is 11.3. The molecule has 0 unspecified atom stereocenters. The second-order valence-corrected chi connectivity index (χ2v) is 3.78. The summed E-state index contributed by atoms with van der Waals surface area (Å²) >= 11 is 0. The summed E-state index contributed by atoms with van der Waals surface area (Å²) < 4.78 is 1.88. The predicted octanol–water partition coefficient (Wildman–Crippen LogP) is 1.84. The van der Waals surface area contributed by atoms with E-state index >= 15 is 0 Å². The standard InChI is InChI=1S/C12H13N3O2/c1-3-11-14-13-7-15(11)10-5-4-9(12(16)17)6-8(10)2/h4-7H,3H2,1-2H3,(H,16,17). The van der Waals surface area contributed by atoms with Gasteiger partial charge in [0.25, 0.3) is 0 Å².